The lowest BCUT2D eigenvalue weighted by molar-refractivity contribution is 0.262. The number of para-hydroxylation sites is 1. The molecule has 3 aromatic rings. The Hall–Kier alpha value is -2.86. The molecule has 0 saturated carbocycles. The highest BCUT2D eigenvalue weighted by Crippen LogP contribution is 2.26. The van der Waals surface area contributed by atoms with Gasteiger partial charge in [0.15, 0.2) is 5.13 Å². The number of benzene rings is 2. The molecule has 2 aromatic carbocycles. The number of hydrogen-bond acceptors (Lipinski definition) is 4. The van der Waals surface area contributed by atoms with Crippen molar-refractivity contribution in [3.63, 3.8) is 0 Å². The lowest BCUT2D eigenvalue weighted by atomic mass is 10.2. The van der Waals surface area contributed by atoms with E-state index in [9.17, 15) is 4.79 Å². The molecule has 0 aliphatic rings. The quantitative estimate of drug-likeness (QED) is 0.666. The first kappa shape index (κ1) is 17.0. The van der Waals surface area contributed by atoms with Crippen LogP contribution in [0.15, 0.2) is 53.9 Å². The molecule has 0 atom stereocenters. The fourth-order valence-electron chi connectivity index (χ4n) is 2.32. The third-order valence-corrected chi connectivity index (χ3v) is 4.34. The second-order valence-electron chi connectivity index (χ2n) is 5.39. The first-order valence-electron chi connectivity index (χ1n) is 7.98. The van der Waals surface area contributed by atoms with Gasteiger partial charge in [-0.2, -0.15) is 0 Å². The van der Waals surface area contributed by atoms with Gasteiger partial charge in [-0.3, -0.25) is 5.32 Å². The average Bonchev–Trinajstić information content (AvgIpc) is 3.06. The minimum absolute atomic E-state index is 0.304. The zero-order valence-corrected chi connectivity index (χ0v) is 14.9. The second kappa shape index (κ2) is 7.81. The number of ether oxygens (including phenoxy) is 1. The lowest BCUT2D eigenvalue weighted by Gasteiger charge is -2.07. The Kier molecular flexibility index (Phi) is 5.30. The van der Waals surface area contributed by atoms with Crippen molar-refractivity contribution in [2.24, 2.45) is 0 Å². The molecule has 5 nitrogen and oxygen atoms in total. The molecular weight excluding hydrogens is 334 g/mol. The van der Waals surface area contributed by atoms with E-state index in [-0.39, 0.29) is 6.03 Å². The molecule has 3 rings (SSSR count). The minimum Gasteiger partial charge on any atom is -0.494 e. The Morgan fingerprint density at radius 2 is 1.88 bits per heavy atom. The van der Waals surface area contributed by atoms with E-state index in [1.54, 1.807) is 0 Å². The van der Waals surface area contributed by atoms with Gasteiger partial charge in [-0.1, -0.05) is 18.2 Å². The number of carbonyl (C=O) groups excluding carboxylic acids is 1. The summed E-state index contributed by atoms with van der Waals surface area (Å²) in [5.74, 6) is 0.831. The van der Waals surface area contributed by atoms with E-state index in [4.69, 9.17) is 4.74 Å². The van der Waals surface area contributed by atoms with E-state index in [1.165, 1.54) is 11.3 Å². The predicted octanol–water partition coefficient (Wildman–Crippen LogP) is 5.16. The highest BCUT2D eigenvalue weighted by molar-refractivity contribution is 7.14. The van der Waals surface area contributed by atoms with Crippen molar-refractivity contribution < 1.29 is 9.53 Å². The SMILES string of the molecule is CCOc1ccc(-c2csc(NC(=O)Nc3ccccc3C)n2)cc1. The van der Waals surface area contributed by atoms with Crippen molar-refractivity contribution in [1.29, 1.82) is 0 Å². The van der Waals surface area contributed by atoms with Crippen LogP contribution in [0.2, 0.25) is 0 Å². The van der Waals surface area contributed by atoms with Gasteiger partial charge < -0.3 is 10.1 Å². The number of thiazole rings is 1. The van der Waals surface area contributed by atoms with E-state index in [0.717, 1.165) is 28.3 Å². The van der Waals surface area contributed by atoms with Crippen molar-refractivity contribution in [3.8, 4) is 17.0 Å². The molecule has 25 heavy (non-hydrogen) atoms. The number of nitrogens with zero attached hydrogens (tertiary/aromatic N) is 1. The number of aryl methyl sites for hydroxylation is 1. The summed E-state index contributed by atoms with van der Waals surface area (Å²) in [6.07, 6.45) is 0. The summed E-state index contributed by atoms with van der Waals surface area (Å²) >= 11 is 1.39. The van der Waals surface area contributed by atoms with Gasteiger partial charge in [0.25, 0.3) is 0 Å². The molecular formula is C19H19N3O2S. The molecule has 0 fully saturated rings. The molecule has 0 unspecified atom stereocenters. The zero-order valence-electron chi connectivity index (χ0n) is 14.1. The maximum atomic E-state index is 12.1. The maximum absolute atomic E-state index is 12.1. The highest BCUT2D eigenvalue weighted by atomic mass is 32.1. The van der Waals surface area contributed by atoms with Crippen molar-refractivity contribution >= 4 is 28.2 Å². The molecule has 0 spiro atoms. The van der Waals surface area contributed by atoms with Gasteiger partial charge >= 0.3 is 6.03 Å². The van der Waals surface area contributed by atoms with Crippen molar-refractivity contribution in [2.45, 2.75) is 13.8 Å². The zero-order chi connectivity index (χ0) is 17.6. The number of amides is 2. The van der Waals surface area contributed by atoms with Crippen molar-refractivity contribution in [3.05, 3.63) is 59.5 Å². The normalized spacial score (nSPS) is 10.3. The summed E-state index contributed by atoms with van der Waals surface area (Å²) in [5, 5.41) is 8.07. The monoisotopic (exact) mass is 353 g/mol. The number of rotatable bonds is 5. The van der Waals surface area contributed by atoms with Crippen LogP contribution >= 0.6 is 11.3 Å². The fourth-order valence-corrected chi connectivity index (χ4v) is 3.03. The fraction of sp³-hybridized carbons (Fsp3) is 0.158. The third-order valence-electron chi connectivity index (χ3n) is 3.58. The minimum atomic E-state index is -0.304. The molecule has 0 radical (unpaired) electrons. The summed E-state index contributed by atoms with van der Waals surface area (Å²) in [6.45, 7) is 4.54. The lowest BCUT2D eigenvalue weighted by Crippen LogP contribution is -2.19. The molecule has 2 N–H and O–H groups in total. The van der Waals surface area contributed by atoms with E-state index in [0.29, 0.717) is 11.7 Å². The standard InChI is InChI=1S/C19H19N3O2S/c1-3-24-15-10-8-14(9-11-15)17-12-25-19(21-17)22-18(23)20-16-7-5-4-6-13(16)2/h4-12H,3H2,1-2H3,(H2,20,21,22,23). The Morgan fingerprint density at radius 3 is 2.60 bits per heavy atom. The van der Waals surface area contributed by atoms with Gasteiger partial charge in [0, 0.05) is 16.6 Å². The molecule has 6 heteroatoms. The van der Waals surface area contributed by atoms with E-state index >= 15 is 0 Å². The first-order chi connectivity index (χ1) is 12.2. The molecule has 0 aliphatic carbocycles. The van der Waals surface area contributed by atoms with Gasteiger partial charge in [-0.25, -0.2) is 9.78 Å². The van der Waals surface area contributed by atoms with Gasteiger partial charge in [-0.05, 0) is 49.7 Å². The first-order valence-corrected chi connectivity index (χ1v) is 8.86. The van der Waals surface area contributed by atoms with Gasteiger partial charge in [-0.15, -0.1) is 11.3 Å². The number of nitrogens with one attached hydrogen (secondary N) is 2. The maximum Gasteiger partial charge on any atom is 0.325 e. The molecule has 128 valence electrons. The van der Waals surface area contributed by atoms with Crippen molar-refractivity contribution in [1.82, 2.24) is 4.98 Å². The Morgan fingerprint density at radius 1 is 1.12 bits per heavy atom. The molecule has 1 aromatic heterocycles. The van der Waals surface area contributed by atoms with E-state index in [2.05, 4.69) is 15.6 Å². The molecule has 2 amide bonds. The smallest absolute Gasteiger partial charge is 0.325 e. The predicted molar refractivity (Wildman–Crippen MR) is 103 cm³/mol. The average molecular weight is 353 g/mol. The largest absolute Gasteiger partial charge is 0.494 e. The highest BCUT2D eigenvalue weighted by Gasteiger charge is 2.09. The van der Waals surface area contributed by atoms with Crippen LogP contribution in [-0.2, 0) is 0 Å². The van der Waals surface area contributed by atoms with E-state index < -0.39 is 0 Å². The molecule has 0 saturated heterocycles. The molecule has 1 heterocycles. The van der Waals surface area contributed by atoms with Crippen LogP contribution in [0.25, 0.3) is 11.3 Å². The van der Waals surface area contributed by atoms with Crippen LogP contribution < -0.4 is 15.4 Å². The number of carbonyl (C=O) groups is 1. The number of anilines is 2. The Bertz CT molecular complexity index is 859. The van der Waals surface area contributed by atoms with Crippen LogP contribution in [-0.4, -0.2) is 17.6 Å². The summed E-state index contributed by atoms with van der Waals surface area (Å²) in [6, 6.07) is 15.1. The van der Waals surface area contributed by atoms with Gasteiger partial charge in [0.1, 0.15) is 5.75 Å². The third kappa shape index (κ3) is 4.36. The molecule has 0 aliphatic heterocycles. The number of urea groups is 1. The Labute approximate surface area is 150 Å². The summed E-state index contributed by atoms with van der Waals surface area (Å²) < 4.78 is 5.44. The second-order valence-corrected chi connectivity index (χ2v) is 6.25. The summed E-state index contributed by atoms with van der Waals surface area (Å²) in [7, 11) is 0. The van der Waals surface area contributed by atoms with Crippen LogP contribution in [0.4, 0.5) is 15.6 Å². The Balaban J connectivity index is 1.65. The summed E-state index contributed by atoms with van der Waals surface area (Å²) in [5.41, 5.74) is 3.58. The van der Waals surface area contributed by atoms with Crippen LogP contribution in [0.1, 0.15) is 12.5 Å². The van der Waals surface area contributed by atoms with Gasteiger partial charge in [0.2, 0.25) is 0 Å². The number of hydrogen-bond donors (Lipinski definition) is 2. The van der Waals surface area contributed by atoms with Crippen LogP contribution in [0, 0.1) is 6.92 Å². The number of aromatic nitrogens is 1. The van der Waals surface area contributed by atoms with Gasteiger partial charge in [0.05, 0.1) is 12.3 Å². The topological polar surface area (TPSA) is 63.2 Å². The summed E-state index contributed by atoms with van der Waals surface area (Å²) in [4.78, 5) is 16.6. The molecule has 0 bridgehead atoms. The van der Waals surface area contributed by atoms with Crippen molar-refractivity contribution in [2.75, 3.05) is 17.2 Å². The van der Waals surface area contributed by atoms with Crippen LogP contribution in [0.3, 0.4) is 0 Å². The van der Waals surface area contributed by atoms with Crippen LogP contribution in [0.5, 0.6) is 5.75 Å². The van der Waals surface area contributed by atoms with E-state index in [1.807, 2.05) is 67.8 Å².